The molecule has 0 saturated carbocycles. The fourth-order valence-electron chi connectivity index (χ4n) is 1.84. The molecule has 0 N–H and O–H groups in total. The van der Waals surface area contributed by atoms with Crippen LogP contribution in [0.3, 0.4) is 0 Å². The molecule has 0 unspecified atom stereocenters. The normalized spacial score (nSPS) is 11.1. The minimum absolute atomic E-state index is 0.0177. The number of nitro benzene ring substituents is 1. The van der Waals surface area contributed by atoms with E-state index in [9.17, 15) is 23.3 Å². The Morgan fingerprint density at radius 3 is 2.30 bits per heavy atom. The Bertz CT molecular complexity index is 699. The van der Waals surface area contributed by atoms with Gasteiger partial charge in [0.1, 0.15) is 12.4 Å². The molecule has 0 fully saturated rings. The number of hydrogen-bond acceptors (Lipinski definition) is 4. The van der Waals surface area contributed by atoms with Crippen LogP contribution in [-0.4, -0.2) is 12.0 Å². The van der Waals surface area contributed by atoms with E-state index in [0.29, 0.717) is 17.4 Å². The van der Waals surface area contributed by atoms with Crippen LogP contribution >= 0.6 is 0 Å². The maximum absolute atomic E-state index is 12.6. The van der Waals surface area contributed by atoms with Gasteiger partial charge >= 0.3 is 11.9 Å². The van der Waals surface area contributed by atoms with Crippen LogP contribution in [0.2, 0.25) is 0 Å². The van der Waals surface area contributed by atoms with E-state index in [1.807, 2.05) is 0 Å². The lowest BCUT2D eigenvalue weighted by molar-refractivity contribution is -0.386. The summed E-state index contributed by atoms with van der Waals surface area (Å²) in [5, 5.41) is 10.9. The van der Waals surface area contributed by atoms with Crippen molar-refractivity contribution in [2.75, 3.05) is 7.11 Å². The van der Waals surface area contributed by atoms with Crippen molar-refractivity contribution in [3.63, 3.8) is 0 Å². The summed E-state index contributed by atoms with van der Waals surface area (Å²) in [6.45, 7) is -0.0177. The molecule has 122 valence electrons. The second kappa shape index (κ2) is 6.55. The quantitative estimate of drug-likeness (QED) is 0.610. The number of halogens is 3. The van der Waals surface area contributed by atoms with Crippen molar-refractivity contribution >= 4 is 5.69 Å². The van der Waals surface area contributed by atoms with Crippen LogP contribution in [0.15, 0.2) is 42.5 Å². The van der Waals surface area contributed by atoms with Crippen molar-refractivity contribution in [2.45, 2.75) is 12.8 Å². The molecule has 0 amide bonds. The number of methoxy groups -OCH3 is 1. The van der Waals surface area contributed by atoms with Crippen molar-refractivity contribution in [1.82, 2.24) is 0 Å². The number of ether oxygens (including phenoxy) is 2. The molecule has 0 radical (unpaired) electrons. The summed E-state index contributed by atoms with van der Waals surface area (Å²) >= 11 is 0. The van der Waals surface area contributed by atoms with Crippen molar-refractivity contribution < 1.29 is 27.6 Å². The molecule has 2 aromatic carbocycles. The summed E-state index contributed by atoms with van der Waals surface area (Å²) < 4.78 is 48.1. The summed E-state index contributed by atoms with van der Waals surface area (Å²) in [6, 6.07) is 8.90. The van der Waals surface area contributed by atoms with E-state index >= 15 is 0 Å². The molecule has 8 heteroatoms. The largest absolute Gasteiger partial charge is 0.497 e. The fourth-order valence-corrected chi connectivity index (χ4v) is 1.84. The monoisotopic (exact) mass is 327 g/mol. The molecule has 0 atom stereocenters. The van der Waals surface area contributed by atoms with Crippen LogP contribution < -0.4 is 9.47 Å². The van der Waals surface area contributed by atoms with E-state index in [4.69, 9.17) is 9.47 Å². The SMILES string of the molecule is COc1ccc(COc2ccc(C(F)(F)F)cc2[N+](=O)[O-])cc1. The molecule has 0 heterocycles. The minimum atomic E-state index is -4.65. The lowest BCUT2D eigenvalue weighted by atomic mass is 10.2. The van der Waals surface area contributed by atoms with Crippen molar-refractivity contribution in [2.24, 2.45) is 0 Å². The average Bonchev–Trinajstić information content (AvgIpc) is 2.52. The van der Waals surface area contributed by atoms with Gasteiger partial charge in [-0.15, -0.1) is 0 Å². The summed E-state index contributed by atoms with van der Waals surface area (Å²) in [7, 11) is 1.51. The highest BCUT2D eigenvalue weighted by atomic mass is 19.4. The van der Waals surface area contributed by atoms with E-state index in [0.717, 1.165) is 12.1 Å². The fraction of sp³-hybridized carbons (Fsp3) is 0.200. The van der Waals surface area contributed by atoms with E-state index < -0.39 is 22.4 Å². The van der Waals surface area contributed by atoms with Crippen LogP contribution in [0.1, 0.15) is 11.1 Å². The van der Waals surface area contributed by atoms with Gasteiger partial charge in [0.15, 0.2) is 5.75 Å². The first-order chi connectivity index (χ1) is 10.8. The third-order valence-corrected chi connectivity index (χ3v) is 3.04. The predicted octanol–water partition coefficient (Wildman–Crippen LogP) is 4.20. The molecular formula is C15H12F3NO4. The van der Waals surface area contributed by atoms with Gasteiger partial charge in [-0.2, -0.15) is 13.2 Å². The Balaban J connectivity index is 2.19. The van der Waals surface area contributed by atoms with E-state index in [1.165, 1.54) is 7.11 Å². The van der Waals surface area contributed by atoms with Gasteiger partial charge in [-0.05, 0) is 29.8 Å². The molecule has 0 spiro atoms. The molecule has 23 heavy (non-hydrogen) atoms. The number of nitro groups is 1. The van der Waals surface area contributed by atoms with Crippen molar-refractivity contribution in [3.8, 4) is 11.5 Å². The highest BCUT2D eigenvalue weighted by Gasteiger charge is 2.33. The Hall–Kier alpha value is -2.77. The number of nitrogens with zero attached hydrogens (tertiary/aromatic N) is 1. The van der Waals surface area contributed by atoms with Gasteiger partial charge in [-0.25, -0.2) is 0 Å². The topological polar surface area (TPSA) is 61.6 Å². The van der Waals surface area contributed by atoms with Gasteiger partial charge in [0, 0.05) is 6.07 Å². The van der Waals surface area contributed by atoms with Crippen molar-refractivity contribution in [1.29, 1.82) is 0 Å². The number of benzene rings is 2. The molecule has 0 aliphatic rings. The second-order valence-electron chi connectivity index (χ2n) is 4.57. The lowest BCUT2D eigenvalue weighted by Gasteiger charge is -2.10. The van der Waals surface area contributed by atoms with E-state index in [2.05, 4.69) is 0 Å². The highest BCUT2D eigenvalue weighted by molar-refractivity contribution is 5.49. The lowest BCUT2D eigenvalue weighted by Crippen LogP contribution is -2.07. The zero-order chi connectivity index (χ0) is 17.0. The summed E-state index contributed by atoms with van der Waals surface area (Å²) in [6.07, 6.45) is -4.65. The van der Waals surface area contributed by atoms with Gasteiger partial charge < -0.3 is 9.47 Å². The first kappa shape index (κ1) is 16.6. The maximum atomic E-state index is 12.6. The summed E-state index contributed by atoms with van der Waals surface area (Å²) in [4.78, 5) is 10.0. The van der Waals surface area contributed by atoms with Gasteiger partial charge in [0.25, 0.3) is 0 Å². The van der Waals surface area contributed by atoms with E-state index in [-0.39, 0.29) is 12.4 Å². The van der Waals surface area contributed by atoms with Crippen LogP contribution in [-0.2, 0) is 12.8 Å². The second-order valence-corrected chi connectivity index (χ2v) is 4.57. The minimum Gasteiger partial charge on any atom is -0.497 e. The number of alkyl halides is 3. The first-order valence-corrected chi connectivity index (χ1v) is 6.42. The predicted molar refractivity (Wildman–Crippen MR) is 75.4 cm³/mol. The molecule has 5 nitrogen and oxygen atoms in total. The van der Waals surface area contributed by atoms with Gasteiger partial charge in [-0.1, -0.05) is 12.1 Å². The van der Waals surface area contributed by atoms with Gasteiger partial charge in [-0.3, -0.25) is 10.1 Å². The third-order valence-electron chi connectivity index (χ3n) is 3.04. The van der Waals surface area contributed by atoms with Crippen LogP contribution in [0.25, 0.3) is 0 Å². The third kappa shape index (κ3) is 4.12. The van der Waals surface area contributed by atoms with Gasteiger partial charge in [0.05, 0.1) is 17.6 Å². The molecule has 0 aromatic heterocycles. The van der Waals surface area contributed by atoms with Gasteiger partial charge in [0.2, 0.25) is 0 Å². The summed E-state index contributed by atoms with van der Waals surface area (Å²) in [5.41, 5.74) is -1.13. The number of hydrogen-bond donors (Lipinski definition) is 0. The maximum Gasteiger partial charge on any atom is 0.416 e. The van der Waals surface area contributed by atoms with E-state index in [1.54, 1.807) is 24.3 Å². The highest BCUT2D eigenvalue weighted by Crippen LogP contribution is 2.36. The molecule has 2 rings (SSSR count). The Morgan fingerprint density at radius 1 is 1.13 bits per heavy atom. The molecule has 0 aliphatic heterocycles. The van der Waals surface area contributed by atoms with Crippen LogP contribution in [0.5, 0.6) is 11.5 Å². The zero-order valence-electron chi connectivity index (χ0n) is 12.0. The molecule has 0 saturated heterocycles. The standard InChI is InChI=1S/C15H12F3NO4/c1-22-12-5-2-10(3-6-12)9-23-14-7-4-11(15(16,17)18)8-13(14)19(20)21/h2-8H,9H2,1H3. The Labute approximate surface area is 129 Å². The van der Waals surface area contributed by atoms with Crippen molar-refractivity contribution in [3.05, 3.63) is 63.7 Å². The number of rotatable bonds is 5. The Morgan fingerprint density at radius 2 is 1.78 bits per heavy atom. The zero-order valence-corrected chi connectivity index (χ0v) is 12.0. The molecule has 0 aliphatic carbocycles. The smallest absolute Gasteiger partial charge is 0.416 e. The first-order valence-electron chi connectivity index (χ1n) is 6.42. The summed E-state index contributed by atoms with van der Waals surface area (Å²) in [5.74, 6) is 0.410. The van der Waals surface area contributed by atoms with Crippen LogP contribution in [0, 0.1) is 10.1 Å². The Kier molecular flexibility index (Phi) is 4.73. The van der Waals surface area contributed by atoms with Crippen LogP contribution in [0.4, 0.5) is 18.9 Å². The molecule has 2 aromatic rings. The molecule has 0 bridgehead atoms. The molecular weight excluding hydrogens is 315 g/mol. The average molecular weight is 327 g/mol.